The molecule has 1 heterocycles. The molecule has 0 saturated carbocycles. The Kier molecular flexibility index (Phi) is 3.17. The van der Waals surface area contributed by atoms with Crippen LogP contribution >= 0.6 is 0 Å². The van der Waals surface area contributed by atoms with E-state index in [1.807, 2.05) is 0 Å². The molecule has 3 rings (SSSR count). The third kappa shape index (κ3) is 2.08. The Labute approximate surface area is 120 Å². The lowest BCUT2D eigenvalue weighted by Gasteiger charge is -2.31. The fourth-order valence-electron chi connectivity index (χ4n) is 2.76. The Bertz CT molecular complexity index is 654. The molecule has 0 bridgehead atoms. The molecular formula is C16H14F3NO. The summed E-state index contributed by atoms with van der Waals surface area (Å²) in [5.41, 5.74) is 4.63. The minimum atomic E-state index is -4.51. The van der Waals surface area contributed by atoms with E-state index >= 15 is 0 Å². The summed E-state index contributed by atoms with van der Waals surface area (Å²) in [6.45, 7) is 0.190. The van der Waals surface area contributed by atoms with Gasteiger partial charge in [0.05, 0.1) is 0 Å². The van der Waals surface area contributed by atoms with Gasteiger partial charge >= 0.3 is 6.18 Å². The van der Waals surface area contributed by atoms with Gasteiger partial charge in [-0.05, 0) is 11.6 Å². The minimum Gasteiger partial charge on any atom is -0.472 e. The van der Waals surface area contributed by atoms with Crippen molar-refractivity contribution in [1.29, 1.82) is 0 Å². The van der Waals surface area contributed by atoms with Crippen LogP contribution in [-0.2, 0) is 18.6 Å². The van der Waals surface area contributed by atoms with Gasteiger partial charge in [0, 0.05) is 24.1 Å². The summed E-state index contributed by atoms with van der Waals surface area (Å²) in [4.78, 5) is 0. The van der Waals surface area contributed by atoms with Gasteiger partial charge in [0.1, 0.15) is 5.75 Å². The van der Waals surface area contributed by atoms with Crippen LogP contribution in [0.25, 0.3) is 0 Å². The van der Waals surface area contributed by atoms with Crippen LogP contribution in [0.1, 0.15) is 16.7 Å². The number of benzene rings is 2. The quantitative estimate of drug-likeness (QED) is 0.919. The Balaban J connectivity index is 2.15. The predicted molar refractivity (Wildman–Crippen MR) is 72.8 cm³/mol. The van der Waals surface area contributed by atoms with Crippen molar-refractivity contribution in [3.63, 3.8) is 0 Å². The van der Waals surface area contributed by atoms with Gasteiger partial charge in [-0.3, -0.25) is 0 Å². The van der Waals surface area contributed by atoms with Crippen LogP contribution in [0.3, 0.4) is 0 Å². The number of hydrogen-bond donors (Lipinski definition) is 1. The summed E-state index contributed by atoms with van der Waals surface area (Å²) in [7, 11) is 0. The fraction of sp³-hybridized carbons (Fsp3) is 0.250. The lowest BCUT2D eigenvalue weighted by Crippen LogP contribution is -2.46. The monoisotopic (exact) mass is 293 g/mol. The summed E-state index contributed by atoms with van der Waals surface area (Å²) >= 11 is 0. The molecule has 0 aliphatic carbocycles. The molecule has 2 aromatic carbocycles. The molecule has 2 aromatic rings. The zero-order valence-corrected chi connectivity index (χ0v) is 11.2. The second-order valence-corrected chi connectivity index (χ2v) is 5.07. The van der Waals surface area contributed by atoms with E-state index in [0.717, 1.165) is 0 Å². The molecule has 0 saturated heterocycles. The molecule has 1 atom stereocenters. The summed E-state index contributed by atoms with van der Waals surface area (Å²) in [5.74, 6) is 0.263. The maximum atomic E-state index is 13.7. The van der Waals surface area contributed by atoms with E-state index in [4.69, 9.17) is 10.5 Å². The first-order chi connectivity index (χ1) is 9.98. The Hall–Kier alpha value is -2.01. The Morgan fingerprint density at radius 3 is 2.38 bits per heavy atom. The van der Waals surface area contributed by atoms with Crippen LogP contribution in [0.5, 0.6) is 5.75 Å². The van der Waals surface area contributed by atoms with E-state index in [1.54, 1.807) is 36.4 Å². The highest BCUT2D eigenvalue weighted by atomic mass is 19.4. The largest absolute Gasteiger partial charge is 0.472 e. The molecule has 2 nitrogen and oxygen atoms in total. The summed E-state index contributed by atoms with van der Waals surface area (Å²) in [6.07, 6.45) is -4.76. The highest BCUT2D eigenvalue weighted by Crippen LogP contribution is 2.51. The molecule has 0 spiro atoms. The molecule has 0 aromatic heterocycles. The Morgan fingerprint density at radius 1 is 1.05 bits per heavy atom. The first-order valence-electron chi connectivity index (χ1n) is 6.60. The predicted octanol–water partition coefficient (Wildman–Crippen LogP) is 3.54. The number of nitrogens with two attached hydrogens (primary N) is 1. The number of ether oxygens (including phenoxy) is 1. The van der Waals surface area contributed by atoms with Crippen LogP contribution in [0.4, 0.5) is 13.2 Å². The molecule has 5 heteroatoms. The van der Waals surface area contributed by atoms with Gasteiger partial charge in [-0.1, -0.05) is 42.5 Å². The van der Waals surface area contributed by atoms with Crippen LogP contribution in [0, 0.1) is 0 Å². The van der Waals surface area contributed by atoms with E-state index in [0.29, 0.717) is 11.1 Å². The van der Waals surface area contributed by atoms with Gasteiger partial charge in [-0.2, -0.15) is 13.2 Å². The van der Waals surface area contributed by atoms with Crippen LogP contribution in [0.15, 0.2) is 48.5 Å². The van der Waals surface area contributed by atoms with Crippen LogP contribution in [0.2, 0.25) is 0 Å². The first kappa shape index (κ1) is 13.9. The maximum Gasteiger partial charge on any atom is 0.432 e. The number of fused-ring (bicyclic) bond motifs is 1. The molecule has 2 N–H and O–H groups in total. The van der Waals surface area contributed by atoms with Crippen molar-refractivity contribution in [3.8, 4) is 5.75 Å². The van der Waals surface area contributed by atoms with Gasteiger partial charge in [-0.15, -0.1) is 0 Å². The number of halogens is 3. The summed E-state index contributed by atoms with van der Waals surface area (Å²) in [5, 5.41) is 0. The smallest absolute Gasteiger partial charge is 0.432 e. The second kappa shape index (κ2) is 4.77. The van der Waals surface area contributed by atoms with Crippen molar-refractivity contribution in [2.75, 3.05) is 0 Å². The molecular weight excluding hydrogens is 279 g/mol. The molecule has 110 valence electrons. The average Bonchev–Trinajstić information content (AvgIpc) is 2.88. The van der Waals surface area contributed by atoms with E-state index < -0.39 is 11.8 Å². The average molecular weight is 293 g/mol. The number of rotatable bonds is 2. The highest BCUT2D eigenvalue weighted by Gasteiger charge is 2.61. The van der Waals surface area contributed by atoms with E-state index in [9.17, 15) is 13.2 Å². The molecule has 1 aliphatic rings. The molecule has 1 aliphatic heterocycles. The number of alkyl halides is 3. The van der Waals surface area contributed by atoms with Gasteiger partial charge in [-0.25, -0.2) is 0 Å². The van der Waals surface area contributed by atoms with Crippen molar-refractivity contribution in [3.05, 3.63) is 65.2 Å². The van der Waals surface area contributed by atoms with Crippen LogP contribution < -0.4 is 10.5 Å². The SMILES string of the molecule is NCc1cccc2c1CC(c1ccccc1)(C(F)(F)F)O2. The molecule has 0 fully saturated rings. The first-order valence-corrected chi connectivity index (χ1v) is 6.60. The molecule has 0 amide bonds. The lowest BCUT2D eigenvalue weighted by atomic mass is 9.87. The molecule has 21 heavy (non-hydrogen) atoms. The highest BCUT2D eigenvalue weighted by molar-refractivity contribution is 5.48. The number of hydrogen-bond acceptors (Lipinski definition) is 2. The summed E-state index contributed by atoms with van der Waals surface area (Å²) < 4.78 is 46.6. The van der Waals surface area contributed by atoms with Crippen molar-refractivity contribution in [1.82, 2.24) is 0 Å². The van der Waals surface area contributed by atoms with Crippen molar-refractivity contribution in [2.24, 2.45) is 5.73 Å². The molecule has 1 unspecified atom stereocenters. The zero-order valence-electron chi connectivity index (χ0n) is 11.2. The van der Waals surface area contributed by atoms with Gasteiger partial charge < -0.3 is 10.5 Å². The minimum absolute atomic E-state index is 0.108. The maximum absolute atomic E-state index is 13.7. The van der Waals surface area contributed by atoms with E-state index in [-0.39, 0.29) is 24.3 Å². The summed E-state index contributed by atoms with van der Waals surface area (Å²) in [6, 6.07) is 12.7. The normalized spacial score (nSPS) is 21.0. The van der Waals surface area contributed by atoms with Gasteiger partial charge in [0.2, 0.25) is 5.60 Å². The van der Waals surface area contributed by atoms with Crippen molar-refractivity contribution < 1.29 is 17.9 Å². The fourth-order valence-corrected chi connectivity index (χ4v) is 2.76. The van der Waals surface area contributed by atoms with Crippen molar-refractivity contribution in [2.45, 2.75) is 24.7 Å². The third-order valence-electron chi connectivity index (χ3n) is 3.86. The second-order valence-electron chi connectivity index (χ2n) is 5.07. The standard InChI is InChI=1S/C16H14F3NO/c17-16(18,19)15(12-6-2-1-3-7-12)9-13-11(10-20)5-4-8-14(13)21-15/h1-8H,9-10,20H2. The van der Waals surface area contributed by atoms with Crippen molar-refractivity contribution >= 4 is 0 Å². The van der Waals surface area contributed by atoms with Gasteiger partial charge in [0.15, 0.2) is 0 Å². The topological polar surface area (TPSA) is 35.2 Å². The zero-order chi connectivity index (χ0) is 15.1. The Morgan fingerprint density at radius 2 is 1.76 bits per heavy atom. The molecule has 0 radical (unpaired) electrons. The van der Waals surface area contributed by atoms with E-state index in [2.05, 4.69) is 0 Å². The van der Waals surface area contributed by atoms with Gasteiger partial charge in [0.25, 0.3) is 0 Å². The van der Waals surface area contributed by atoms with E-state index in [1.165, 1.54) is 12.1 Å². The lowest BCUT2D eigenvalue weighted by molar-refractivity contribution is -0.248. The third-order valence-corrected chi connectivity index (χ3v) is 3.86. The van der Waals surface area contributed by atoms with Crippen LogP contribution in [-0.4, -0.2) is 6.18 Å².